The monoisotopic (exact) mass is 513 g/mol. The number of aromatic nitrogens is 2. The van der Waals surface area contributed by atoms with Crippen molar-refractivity contribution in [2.24, 2.45) is 0 Å². The van der Waals surface area contributed by atoms with Crippen LogP contribution < -0.4 is 15.6 Å². The van der Waals surface area contributed by atoms with E-state index >= 15 is 0 Å². The number of fused-ring (bicyclic) bond motifs is 1. The van der Waals surface area contributed by atoms with E-state index < -0.39 is 17.1 Å². The first-order valence-electron chi connectivity index (χ1n) is 12.4. The Morgan fingerprint density at radius 1 is 1.08 bits per heavy atom. The summed E-state index contributed by atoms with van der Waals surface area (Å²) in [7, 11) is 0. The molecule has 1 aromatic heterocycles. The average Bonchev–Trinajstić information content (AvgIpc) is 2.92. The number of benzene rings is 3. The number of nitrogens with one attached hydrogen (secondary N) is 1. The number of carbonyl (C=O) groups is 1. The van der Waals surface area contributed by atoms with Gasteiger partial charge in [-0.1, -0.05) is 66.7 Å². The highest BCUT2D eigenvalue weighted by molar-refractivity contribution is 5.95. The standard InChI is InChI=1S/C30H28FN3O4/c1-30(2)29-33-25(26(28(36)34(29)15-16-38-30)37-19-20-9-5-3-6-10-20)27(35)32-18-22-13-14-23(31)17-24(22)21-11-7-4-8-12-21/h3-14,17H,15-16,18-19H2,1-2H3,(H,32,35). The van der Waals surface area contributed by atoms with E-state index in [0.29, 0.717) is 24.5 Å². The van der Waals surface area contributed by atoms with Crippen molar-refractivity contribution in [3.8, 4) is 16.9 Å². The summed E-state index contributed by atoms with van der Waals surface area (Å²) < 4.78 is 27.3. The summed E-state index contributed by atoms with van der Waals surface area (Å²) in [6.07, 6.45) is 0. The normalized spacial score (nSPS) is 14.0. The lowest BCUT2D eigenvalue weighted by Crippen LogP contribution is -2.43. The topological polar surface area (TPSA) is 82.5 Å². The molecule has 8 heteroatoms. The van der Waals surface area contributed by atoms with Crippen LogP contribution in [0.3, 0.4) is 0 Å². The zero-order valence-electron chi connectivity index (χ0n) is 21.2. The van der Waals surface area contributed by atoms with E-state index in [2.05, 4.69) is 10.3 Å². The van der Waals surface area contributed by atoms with Gasteiger partial charge in [-0.25, -0.2) is 9.37 Å². The summed E-state index contributed by atoms with van der Waals surface area (Å²) in [6, 6.07) is 23.2. The van der Waals surface area contributed by atoms with Crippen LogP contribution in [0.4, 0.5) is 4.39 Å². The van der Waals surface area contributed by atoms with Crippen molar-refractivity contribution in [1.82, 2.24) is 14.9 Å². The van der Waals surface area contributed by atoms with Crippen LogP contribution in [-0.4, -0.2) is 22.1 Å². The van der Waals surface area contributed by atoms with Crippen LogP contribution in [0.15, 0.2) is 83.7 Å². The molecule has 194 valence electrons. The Labute approximate surface area is 219 Å². The third-order valence-electron chi connectivity index (χ3n) is 6.48. The van der Waals surface area contributed by atoms with Crippen LogP contribution in [0.2, 0.25) is 0 Å². The lowest BCUT2D eigenvalue weighted by molar-refractivity contribution is -0.0567. The average molecular weight is 514 g/mol. The summed E-state index contributed by atoms with van der Waals surface area (Å²) >= 11 is 0. The molecule has 5 rings (SSSR count). The molecule has 0 fully saturated rings. The number of rotatable bonds is 7. The van der Waals surface area contributed by atoms with Crippen molar-refractivity contribution < 1.29 is 18.7 Å². The maximum atomic E-state index is 14.1. The predicted molar refractivity (Wildman–Crippen MR) is 141 cm³/mol. The maximum Gasteiger partial charge on any atom is 0.296 e. The molecule has 1 aliphatic rings. The van der Waals surface area contributed by atoms with E-state index in [1.165, 1.54) is 16.7 Å². The minimum absolute atomic E-state index is 0.0987. The lowest BCUT2D eigenvalue weighted by Gasteiger charge is -2.32. The van der Waals surface area contributed by atoms with Crippen LogP contribution in [0.1, 0.15) is 41.3 Å². The number of halogens is 1. The Morgan fingerprint density at radius 2 is 1.79 bits per heavy atom. The SMILES string of the molecule is CC1(C)OCCn2c1nc(C(=O)NCc1ccc(F)cc1-c1ccccc1)c(OCc1ccccc1)c2=O. The van der Waals surface area contributed by atoms with Gasteiger partial charge in [0.2, 0.25) is 5.75 Å². The van der Waals surface area contributed by atoms with Crippen LogP contribution in [-0.2, 0) is 30.0 Å². The second-order valence-electron chi connectivity index (χ2n) is 9.55. The molecule has 1 amide bonds. The second-order valence-corrected chi connectivity index (χ2v) is 9.55. The van der Waals surface area contributed by atoms with Gasteiger partial charge in [-0.2, -0.15) is 0 Å². The number of ether oxygens (including phenoxy) is 2. The van der Waals surface area contributed by atoms with Gasteiger partial charge < -0.3 is 14.8 Å². The van der Waals surface area contributed by atoms with Gasteiger partial charge in [-0.15, -0.1) is 0 Å². The van der Waals surface area contributed by atoms with Gasteiger partial charge in [-0.05, 0) is 48.2 Å². The zero-order chi connectivity index (χ0) is 26.7. The summed E-state index contributed by atoms with van der Waals surface area (Å²) in [5, 5.41) is 2.85. The molecule has 38 heavy (non-hydrogen) atoms. The summed E-state index contributed by atoms with van der Waals surface area (Å²) in [4.78, 5) is 31.6. The molecule has 7 nitrogen and oxygen atoms in total. The Kier molecular flexibility index (Phi) is 7.07. The van der Waals surface area contributed by atoms with Gasteiger partial charge in [0.25, 0.3) is 11.5 Å². The Morgan fingerprint density at radius 3 is 2.53 bits per heavy atom. The zero-order valence-corrected chi connectivity index (χ0v) is 21.2. The van der Waals surface area contributed by atoms with Gasteiger partial charge in [0.15, 0.2) is 5.69 Å². The second kappa shape index (κ2) is 10.6. The van der Waals surface area contributed by atoms with Gasteiger partial charge in [-0.3, -0.25) is 14.2 Å². The van der Waals surface area contributed by atoms with Crippen molar-refractivity contribution >= 4 is 5.91 Å². The van der Waals surface area contributed by atoms with Crippen LogP contribution >= 0.6 is 0 Å². The van der Waals surface area contributed by atoms with Crippen molar-refractivity contribution in [3.63, 3.8) is 0 Å². The molecule has 0 spiro atoms. The molecule has 0 bridgehead atoms. The minimum Gasteiger partial charge on any atom is -0.481 e. The Balaban J connectivity index is 1.48. The molecule has 0 saturated carbocycles. The predicted octanol–water partition coefficient (Wildman–Crippen LogP) is 4.82. The fraction of sp³-hybridized carbons (Fsp3) is 0.233. The van der Waals surface area contributed by atoms with Crippen molar-refractivity contribution in [2.45, 2.75) is 39.1 Å². The third-order valence-corrected chi connectivity index (χ3v) is 6.48. The Hall–Kier alpha value is -4.30. The summed E-state index contributed by atoms with van der Waals surface area (Å²) in [6.45, 7) is 4.47. The first kappa shape index (κ1) is 25.4. The molecule has 0 atom stereocenters. The quantitative estimate of drug-likeness (QED) is 0.383. The fourth-order valence-corrected chi connectivity index (χ4v) is 4.52. The van der Waals surface area contributed by atoms with E-state index in [0.717, 1.165) is 16.7 Å². The number of amides is 1. The van der Waals surface area contributed by atoms with E-state index in [4.69, 9.17) is 9.47 Å². The first-order valence-corrected chi connectivity index (χ1v) is 12.4. The molecule has 2 heterocycles. The van der Waals surface area contributed by atoms with Gasteiger partial charge >= 0.3 is 0 Å². The van der Waals surface area contributed by atoms with Crippen LogP contribution in [0.25, 0.3) is 11.1 Å². The number of hydrogen-bond donors (Lipinski definition) is 1. The number of hydrogen-bond acceptors (Lipinski definition) is 5. The summed E-state index contributed by atoms with van der Waals surface area (Å²) in [5.74, 6) is -0.701. The molecular formula is C30H28FN3O4. The molecule has 0 aliphatic carbocycles. The van der Waals surface area contributed by atoms with Gasteiger partial charge in [0, 0.05) is 6.54 Å². The molecular weight excluding hydrogens is 485 g/mol. The van der Waals surface area contributed by atoms with Gasteiger partial charge in [0.1, 0.15) is 23.8 Å². The van der Waals surface area contributed by atoms with E-state index in [1.54, 1.807) is 19.9 Å². The molecule has 0 radical (unpaired) electrons. The fourth-order valence-electron chi connectivity index (χ4n) is 4.52. The highest BCUT2D eigenvalue weighted by Gasteiger charge is 2.35. The first-order chi connectivity index (χ1) is 18.3. The highest BCUT2D eigenvalue weighted by atomic mass is 19.1. The van der Waals surface area contributed by atoms with Gasteiger partial charge in [0.05, 0.1) is 13.2 Å². The van der Waals surface area contributed by atoms with Crippen LogP contribution in [0, 0.1) is 5.82 Å². The highest BCUT2D eigenvalue weighted by Crippen LogP contribution is 2.28. The third kappa shape index (κ3) is 5.21. The molecule has 0 unspecified atom stereocenters. The molecule has 4 aromatic rings. The molecule has 1 aliphatic heterocycles. The van der Waals surface area contributed by atoms with Crippen molar-refractivity contribution in [2.75, 3.05) is 6.61 Å². The van der Waals surface area contributed by atoms with Crippen molar-refractivity contribution in [1.29, 1.82) is 0 Å². The van der Waals surface area contributed by atoms with E-state index in [1.807, 2.05) is 60.7 Å². The molecule has 0 saturated heterocycles. The number of nitrogens with zero attached hydrogens (tertiary/aromatic N) is 2. The molecule has 1 N–H and O–H groups in total. The maximum absolute atomic E-state index is 14.1. The van der Waals surface area contributed by atoms with E-state index in [-0.39, 0.29) is 30.4 Å². The smallest absolute Gasteiger partial charge is 0.296 e. The summed E-state index contributed by atoms with van der Waals surface area (Å²) in [5.41, 5.74) is 1.66. The number of carbonyl (C=O) groups excluding carboxylic acids is 1. The van der Waals surface area contributed by atoms with Crippen molar-refractivity contribution in [3.05, 3.63) is 118 Å². The Bertz CT molecular complexity index is 1520. The lowest BCUT2D eigenvalue weighted by atomic mass is 9.99. The minimum atomic E-state index is -0.859. The molecule has 3 aromatic carbocycles. The largest absolute Gasteiger partial charge is 0.481 e. The van der Waals surface area contributed by atoms with Crippen LogP contribution in [0.5, 0.6) is 5.75 Å². The van der Waals surface area contributed by atoms with E-state index in [9.17, 15) is 14.0 Å².